The van der Waals surface area contributed by atoms with Gasteiger partial charge in [0.15, 0.2) is 0 Å². The Kier molecular flexibility index (Phi) is 7.08. The van der Waals surface area contributed by atoms with Crippen molar-refractivity contribution in [3.63, 3.8) is 0 Å². The Morgan fingerprint density at radius 3 is 2.47 bits per heavy atom. The van der Waals surface area contributed by atoms with Crippen LogP contribution in [0.2, 0.25) is 0 Å². The van der Waals surface area contributed by atoms with Gasteiger partial charge in [-0.05, 0) is 12.5 Å². The highest BCUT2D eigenvalue weighted by Gasteiger charge is 2.12. The minimum atomic E-state index is -3.07. The van der Waals surface area contributed by atoms with Crippen LogP contribution >= 0.6 is 0 Å². The number of rotatable bonds is 8. The molecule has 0 radical (unpaired) electrons. The molecule has 15 heavy (non-hydrogen) atoms. The zero-order chi connectivity index (χ0) is 11.9. The molecule has 0 saturated carbocycles. The smallest absolute Gasteiger partial charge is 0.214 e. The Morgan fingerprint density at radius 2 is 2.00 bits per heavy atom. The molecule has 0 aliphatic carbocycles. The Balaban J connectivity index is 3.63. The fourth-order valence-electron chi connectivity index (χ4n) is 1.08. The number of hydrogen-bond donors (Lipinski definition) is 1. The maximum absolute atomic E-state index is 11.4. The van der Waals surface area contributed by atoms with E-state index in [1.165, 1.54) is 4.31 Å². The van der Waals surface area contributed by atoms with Crippen molar-refractivity contribution in [1.82, 2.24) is 9.62 Å². The molecule has 0 aliphatic heterocycles. The summed E-state index contributed by atoms with van der Waals surface area (Å²) in [7, 11) is 1.68. The highest BCUT2D eigenvalue weighted by molar-refractivity contribution is 7.89. The van der Waals surface area contributed by atoms with Crippen LogP contribution in [0, 0.1) is 5.92 Å². The van der Waals surface area contributed by atoms with Crippen molar-refractivity contribution in [3.05, 3.63) is 0 Å². The Labute approximate surface area is 92.8 Å². The van der Waals surface area contributed by atoms with Crippen LogP contribution in [-0.4, -0.2) is 59.4 Å². The third-order valence-corrected chi connectivity index (χ3v) is 3.87. The predicted octanol–water partition coefficient (Wildman–Crippen LogP) is -0.250. The molecule has 0 aromatic rings. The third kappa shape index (κ3) is 6.83. The van der Waals surface area contributed by atoms with E-state index in [4.69, 9.17) is 4.74 Å². The molecule has 0 rings (SSSR count). The summed E-state index contributed by atoms with van der Waals surface area (Å²) in [5.74, 6) is 0.539. The van der Waals surface area contributed by atoms with Crippen LogP contribution in [0.25, 0.3) is 0 Å². The van der Waals surface area contributed by atoms with E-state index >= 15 is 0 Å². The van der Waals surface area contributed by atoms with E-state index in [-0.39, 0.29) is 5.75 Å². The fraction of sp³-hybridized carbons (Fsp3) is 1.00. The molecular formula is C9H22N2O3S. The Bertz CT molecular complexity index is 252. The number of sulfonamides is 1. The van der Waals surface area contributed by atoms with Crippen molar-refractivity contribution in [2.75, 3.05) is 46.7 Å². The molecule has 1 unspecified atom stereocenters. The molecule has 92 valence electrons. The summed E-state index contributed by atoms with van der Waals surface area (Å²) in [4.78, 5) is 0. The van der Waals surface area contributed by atoms with Gasteiger partial charge in [-0.1, -0.05) is 6.92 Å². The summed E-state index contributed by atoms with van der Waals surface area (Å²) in [6, 6.07) is 0. The number of nitrogens with one attached hydrogen (secondary N) is 1. The summed E-state index contributed by atoms with van der Waals surface area (Å²) >= 11 is 0. The first kappa shape index (κ1) is 14.8. The molecule has 0 bridgehead atoms. The number of ether oxygens (including phenoxy) is 1. The van der Waals surface area contributed by atoms with Gasteiger partial charge in [0, 0.05) is 34.4 Å². The van der Waals surface area contributed by atoms with Crippen LogP contribution in [0.15, 0.2) is 0 Å². The molecule has 1 atom stereocenters. The zero-order valence-electron chi connectivity index (χ0n) is 9.99. The summed E-state index contributed by atoms with van der Waals surface area (Å²) in [6.45, 7) is 4.00. The van der Waals surface area contributed by atoms with Crippen molar-refractivity contribution < 1.29 is 13.2 Å². The second-order valence-corrected chi connectivity index (χ2v) is 6.17. The molecule has 0 aromatic heterocycles. The number of hydrogen-bond acceptors (Lipinski definition) is 4. The lowest BCUT2D eigenvalue weighted by atomic mass is 10.2. The molecule has 0 aromatic carbocycles. The van der Waals surface area contributed by atoms with Gasteiger partial charge < -0.3 is 10.1 Å². The van der Waals surface area contributed by atoms with Gasteiger partial charge in [0.25, 0.3) is 0 Å². The molecule has 0 saturated heterocycles. The quantitative estimate of drug-likeness (QED) is 0.592. The zero-order valence-corrected chi connectivity index (χ0v) is 10.8. The van der Waals surface area contributed by atoms with Crippen LogP contribution in [0.4, 0.5) is 0 Å². The lowest BCUT2D eigenvalue weighted by Crippen LogP contribution is -2.33. The van der Waals surface area contributed by atoms with Crippen LogP contribution in [0.1, 0.15) is 6.92 Å². The highest BCUT2D eigenvalue weighted by Crippen LogP contribution is 1.94. The van der Waals surface area contributed by atoms with E-state index in [2.05, 4.69) is 12.2 Å². The predicted molar refractivity (Wildman–Crippen MR) is 61.4 cm³/mol. The van der Waals surface area contributed by atoms with E-state index in [0.717, 1.165) is 6.54 Å². The molecule has 0 fully saturated rings. The van der Waals surface area contributed by atoms with Gasteiger partial charge in [0.2, 0.25) is 10.0 Å². The minimum Gasteiger partial charge on any atom is -0.384 e. The molecule has 6 heteroatoms. The average molecular weight is 238 g/mol. The van der Waals surface area contributed by atoms with Crippen LogP contribution < -0.4 is 5.32 Å². The first-order chi connectivity index (χ1) is 6.90. The van der Waals surface area contributed by atoms with Crippen molar-refractivity contribution in [2.24, 2.45) is 5.92 Å². The normalized spacial score (nSPS) is 14.5. The van der Waals surface area contributed by atoms with Crippen LogP contribution in [-0.2, 0) is 14.8 Å². The van der Waals surface area contributed by atoms with E-state index < -0.39 is 10.0 Å². The molecule has 0 aliphatic rings. The van der Waals surface area contributed by atoms with Crippen molar-refractivity contribution >= 4 is 10.0 Å². The monoisotopic (exact) mass is 238 g/mol. The van der Waals surface area contributed by atoms with Crippen molar-refractivity contribution in [2.45, 2.75) is 6.92 Å². The lowest BCUT2D eigenvalue weighted by Gasteiger charge is -2.13. The van der Waals surface area contributed by atoms with E-state index in [1.807, 2.05) is 0 Å². The van der Waals surface area contributed by atoms with Crippen LogP contribution in [0.3, 0.4) is 0 Å². The second kappa shape index (κ2) is 7.16. The Hall–Kier alpha value is -0.170. The molecule has 0 heterocycles. The Morgan fingerprint density at radius 1 is 1.40 bits per heavy atom. The van der Waals surface area contributed by atoms with Gasteiger partial charge in [-0.2, -0.15) is 0 Å². The molecule has 1 N–H and O–H groups in total. The lowest BCUT2D eigenvalue weighted by molar-refractivity contribution is 0.159. The second-order valence-electron chi connectivity index (χ2n) is 3.86. The molecule has 5 nitrogen and oxygen atoms in total. The van der Waals surface area contributed by atoms with E-state index in [1.54, 1.807) is 21.2 Å². The molecular weight excluding hydrogens is 216 g/mol. The van der Waals surface area contributed by atoms with Gasteiger partial charge in [-0.15, -0.1) is 0 Å². The third-order valence-electron chi connectivity index (χ3n) is 2.04. The largest absolute Gasteiger partial charge is 0.384 e. The first-order valence-electron chi connectivity index (χ1n) is 5.00. The van der Waals surface area contributed by atoms with Gasteiger partial charge in [-0.3, -0.25) is 0 Å². The van der Waals surface area contributed by atoms with Gasteiger partial charge in [0.05, 0.1) is 5.75 Å². The maximum atomic E-state index is 11.4. The summed E-state index contributed by atoms with van der Waals surface area (Å²) in [5, 5.41) is 3.10. The standard InChI is InChI=1S/C9H22N2O3S/c1-9(8-14-4)7-10-5-6-15(12,13)11(2)3/h9-10H,5-8H2,1-4H3. The van der Waals surface area contributed by atoms with Crippen molar-refractivity contribution in [1.29, 1.82) is 0 Å². The van der Waals surface area contributed by atoms with Crippen molar-refractivity contribution in [3.8, 4) is 0 Å². The number of nitrogens with zero attached hydrogens (tertiary/aromatic N) is 1. The summed E-state index contributed by atoms with van der Waals surface area (Å²) < 4.78 is 28.9. The SMILES string of the molecule is COCC(C)CNCCS(=O)(=O)N(C)C. The highest BCUT2D eigenvalue weighted by atomic mass is 32.2. The van der Waals surface area contributed by atoms with E-state index in [9.17, 15) is 8.42 Å². The van der Waals surface area contributed by atoms with Gasteiger partial charge in [-0.25, -0.2) is 12.7 Å². The van der Waals surface area contributed by atoms with Crippen LogP contribution in [0.5, 0.6) is 0 Å². The average Bonchev–Trinajstić information content (AvgIpc) is 2.13. The van der Waals surface area contributed by atoms with Gasteiger partial charge in [0.1, 0.15) is 0 Å². The minimum absolute atomic E-state index is 0.139. The molecule has 0 amide bonds. The molecule has 0 spiro atoms. The fourth-order valence-corrected chi connectivity index (χ4v) is 1.84. The summed E-state index contributed by atoms with van der Waals surface area (Å²) in [5.41, 5.74) is 0. The van der Waals surface area contributed by atoms with E-state index in [0.29, 0.717) is 19.1 Å². The number of methoxy groups -OCH3 is 1. The van der Waals surface area contributed by atoms with Gasteiger partial charge >= 0.3 is 0 Å². The summed E-state index contributed by atoms with van der Waals surface area (Å²) in [6.07, 6.45) is 0. The first-order valence-corrected chi connectivity index (χ1v) is 6.61. The topological polar surface area (TPSA) is 58.6 Å². The maximum Gasteiger partial charge on any atom is 0.214 e.